The SMILES string of the molecule is COC(=O)C(C)(CC=O)c1cccc2ncoc12. The van der Waals surface area contributed by atoms with Gasteiger partial charge in [0.05, 0.1) is 7.11 Å². The second-order valence-electron chi connectivity index (χ2n) is 4.20. The fourth-order valence-corrected chi connectivity index (χ4v) is 2.02. The van der Waals surface area contributed by atoms with Gasteiger partial charge in [-0.3, -0.25) is 4.79 Å². The van der Waals surface area contributed by atoms with Crippen molar-refractivity contribution < 1.29 is 18.7 Å². The first-order chi connectivity index (χ1) is 8.63. The van der Waals surface area contributed by atoms with Gasteiger partial charge >= 0.3 is 5.97 Å². The van der Waals surface area contributed by atoms with Crippen molar-refractivity contribution >= 4 is 23.4 Å². The summed E-state index contributed by atoms with van der Waals surface area (Å²) < 4.78 is 10.1. The number of fused-ring (bicyclic) bond motifs is 1. The van der Waals surface area contributed by atoms with Gasteiger partial charge in [0, 0.05) is 12.0 Å². The lowest BCUT2D eigenvalue weighted by Crippen LogP contribution is -2.34. The van der Waals surface area contributed by atoms with Gasteiger partial charge in [-0.2, -0.15) is 0 Å². The summed E-state index contributed by atoms with van der Waals surface area (Å²) in [6.45, 7) is 1.66. The Bertz CT molecular complexity index is 589. The van der Waals surface area contributed by atoms with Crippen molar-refractivity contribution in [3.8, 4) is 0 Å². The number of nitrogens with zero attached hydrogens (tertiary/aromatic N) is 1. The van der Waals surface area contributed by atoms with E-state index < -0.39 is 11.4 Å². The summed E-state index contributed by atoms with van der Waals surface area (Å²) in [4.78, 5) is 26.8. The molecule has 0 bridgehead atoms. The smallest absolute Gasteiger partial charge is 0.316 e. The lowest BCUT2D eigenvalue weighted by Gasteiger charge is -2.24. The maximum atomic E-state index is 11.9. The van der Waals surface area contributed by atoms with Crippen LogP contribution in [-0.2, 0) is 19.7 Å². The topological polar surface area (TPSA) is 69.4 Å². The van der Waals surface area contributed by atoms with E-state index in [4.69, 9.17) is 9.15 Å². The van der Waals surface area contributed by atoms with Crippen LogP contribution in [0.3, 0.4) is 0 Å². The van der Waals surface area contributed by atoms with Crippen LogP contribution in [0.15, 0.2) is 29.0 Å². The van der Waals surface area contributed by atoms with Crippen LogP contribution >= 0.6 is 0 Å². The highest BCUT2D eigenvalue weighted by Crippen LogP contribution is 2.33. The minimum atomic E-state index is -1.06. The average Bonchev–Trinajstić information content (AvgIpc) is 2.85. The lowest BCUT2D eigenvalue weighted by molar-refractivity contribution is -0.147. The summed E-state index contributed by atoms with van der Waals surface area (Å²) in [6, 6.07) is 5.29. The first-order valence-electron chi connectivity index (χ1n) is 5.48. The maximum absolute atomic E-state index is 11.9. The maximum Gasteiger partial charge on any atom is 0.316 e. The molecule has 0 N–H and O–H groups in total. The van der Waals surface area contributed by atoms with E-state index in [2.05, 4.69) is 4.98 Å². The standard InChI is InChI=1S/C13H13NO4/c1-13(6-7-15,12(16)17-2)9-4-3-5-10-11(9)18-8-14-10/h3-5,7-8H,6H2,1-2H3. The zero-order chi connectivity index (χ0) is 13.2. The molecule has 1 unspecified atom stereocenters. The number of para-hydroxylation sites is 1. The normalized spacial score (nSPS) is 14.1. The number of rotatable bonds is 4. The van der Waals surface area contributed by atoms with E-state index in [0.29, 0.717) is 22.9 Å². The average molecular weight is 247 g/mol. The van der Waals surface area contributed by atoms with Gasteiger partial charge in [0.15, 0.2) is 12.0 Å². The van der Waals surface area contributed by atoms with Crippen molar-refractivity contribution in [2.45, 2.75) is 18.8 Å². The third-order valence-corrected chi connectivity index (χ3v) is 3.08. The van der Waals surface area contributed by atoms with E-state index in [-0.39, 0.29) is 6.42 Å². The Morgan fingerprint density at radius 2 is 2.33 bits per heavy atom. The van der Waals surface area contributed by atoms with Crippen LogP contribution in [0, 0.1) is 0 Å². The summed E-state index contributed by atoms with van der Waals surface area (Å²) in [7, 11) is 1.30. The predicted octanol–water partition coefficient (Wildman–Crippen LogP) is 1.85. The fourth-order valence-electron chi connectivity index (χ4n) is 2.02. The summed E-state index contributed by atoms with van der Waals surface area (Å²) >= 11 is 0. The zero-order valence-corrected chi connectivity index (χ0v) is 10.2. The lowest BCUT2D eigenvalue weighted by atomic mass is 9.79. The highest BCUT2D eigenvalue weighted by atomic mass is 16.5. The molecule has 18 heavy (non-hydrogen) atoms. The van der Waals surface area contributed by atoms with Crippen LogP contribution in [0.2, 0.25) is 0 Å². The largest absolute Gasteiger partial charge is 0.468 e. The Morgan fingerprint density at radius 1 is 1.56 bits per heavy atom. The minimum Gasteiger partial charge on any atom is -0.468 e. The zero-order valence-electron chi connectivity index (χ0n) is 10.2. The first kappa shape index (κ1) is 12.3. The monoisotopic (exact) mass is 247 g/mol. The van der Waals surface area contributed by atoms with Gasteiger partial charge in [0.1, 0.15) is 17.2 Å². The second kappa shape index (κ2) is 4.60. The van der Waals surface area contributed by atoms with Gasteiger partial charge in [-0.15, -0.1) is 0 Å². The Hall–Kier alpha value is -2.17. The van der Waals surface area contributed by atoms with Gasteiger partial charge in [0.25, 0.3) is 0 Å². The van der Waals surface area contributed by atoms with Crippen molar-refractivity contribution in [2.75, 3.05) is 7.11 Å². The number of aromatic nitrogens is 1. The highest BCUT2D eigenvalue weighted by Gasteiger charge is 2.38. The van der Waals surface area contributed by atoms with Crippen LogP contribution < -0.4 is 0 Å². The van der Waals surface area contributed by atoms with E-state index in [1.54, 1.807) is 25.1 Å². The molecule has 94 valence electrons. The van der Waals surface area contributed by atoms with Gasteiger partial charge in [-0.1, -0.05) is 12.1 Å². The molecule has 5 nitrogen and oxygen atoms in total. The Kier molecular flexibility index (Phi) is 3.14. The molecular weight excluding hydrogens is 234 g/mol. The number of carbonyl (C=O) groups excluding carboxylic acids is 2. The molecule has 1 atom stereocenters. The molecule has 1 aromatic heterocycles. The molecule has 1 heterocycles. The summed E-state index contributed by atoms with van der Waals surface area (Å²) in [5, 5.41) is 0. The third kappa shape index (κ3) is 1.77. The molecule has 0 saturated heterocycles. The van der Waals surface area contributed by atoms with Crippen LogP contribution in [0.25, 0.3) is 11.1 Å². The van der Waals surface area contributed by atoms with Crippen molar-refractivity contribution in [1.29, 1.82) is 0 Å². The number of oxazole rings is 1. The summed E-state index contributed by atoms with van der Waals surface area (Å²) in [6.07, 6.45) is 2.04. The molecule has 2 aromatic rings. The number of methoxy groups -OCH3 is 1. The minimum absolute atomic E-state index is 0.0273. The van der Waals surface area contributed by atoms with Crippen LogP contribution in [-0.4, -0.2) is 24.3 Å². The van der Waals surface area contributed by atoms with E-state index >= 15 is 0 Å². The Labute approximate surface area is 104 Å². The van der Waals surface area contributed by atoms with Gasteiger partial charge in [-0.25, -0.2) is 4.98 Å². The van der Waals surface area contributed by atoms with E-state index in [9.17, 15) is 9.59 Å². The van der Waals surface area contributed by atoms with Crippen molar-refractivity contribution in [1.82, 2.24) is 4.98 Å². The molecule has 1 aromatic carbocycles. The van der Waals surface area contributed by atoms with Gasteiger partial charge in [-0.05, 0) is 13.0 Å². The molecule has 0 aliphatic rings. The number of carbonyl (C=O) groups is 2. The number of esters is 1. The Morgan fingerprint density at radius 3 is 3.00 bits per heavy atom. The molecular formula is C13H13NO4. The van der Waals surface area contributed by atoms with Gasteiger partial charge < -0.3 is 13.9 Å². The molecule has 0 aliphatic carbocycles. The fraction of sp³-hybridized carbons (Fsp3) is 0.308. The third-order valence-electron chi connectivity index (χ3n) is 3.08. The highest BCUT2D eigenvalue weighted by molar-refractivity contribution is 5.91. The van der Waals surface area contributed by atoms with E-state index in [1.807, 2.05) is 0 Å². The molecule has 0 radical (unpaired) electrons. The molecule has 0 spiro atoms. The molecule has 2 rings (SSSR count). The van der Waals surface area contributed by atoms with Crippen molar-refractivity contribution in [2.24, 2.45) is 0 Å². The van der Waals surface area contributed by atoms with E-state index in [1.165, 1.54) is 13.5 Å². The number of aldehydes is 1. The number of ether oxygens (including phenoxy) is 1. The second-order valence-corrected chi connectivity index (χ2v) is 4.20. The molecule has 0 saturated carbocycles. The van der Waals surface area contributed by atoms with Crippen molar-refractivity contribution in [3.63, 3.8) is 0 Å². The quantitative estimate of drug-likeness (QED) is 0.609. The molecule has 0 fully saturated rings. The van der Waals surface area contributed by atoms with Crippen LogP contribution in [0.5, 0.6) is 0 Å². The Balaban J connectivity index is 2.64. The first-order valence-corrected chi connectivity index (χ1v) is 5.48. The van der Waals surface area contributed by atoms with Crippen LogP contribution in [0.1, 0.15) is 18.9 Å². The van der Waals surface area contributed by atoms with Gasteiger partial charge in [0.2, 0.25) is 0 Å². The molecule has 0 aliphatic heterocycles. The molecule has 0 amide bonds. The van der Waals surface area contributed by atoms with E-state index in [0.717, 1.165) is 0 Å². The van der Waals surface area contributed by atoms with Crippen LogP contribution in [0.4, 0.5) is 0 Å². The summed E-state index contributed by atoms with van der Waals surface area (Å²) in [5.41, 5.74) is 0.701. The number of benzene rings is 1. The molecule has 5 heteroatoms. The predicted molar refractivity (Wildman–Crippen MR) is 64.1 cm³/mol. The van der Waals surface area contributed by atoms with Crippen molar-refractivity contribution in [3.05, 3.63) is 30.2 Å². The number of hydrogen-bond donors (Lipinski definition) is 0. The summed E-state index contributed by atoms with van der Waals surface area (Å²) in [5.74, 6) is -0.474. The number of hydrogen-bond acceptors (Lipinski definition) is 5.